The van der Waals surface area contributed by atoms with Crippen molar-refractivity contribution in [3.63, 3.8) is 0 Å². The molecule has 0 unspecified atom stereocenters. The fourth-order valence-corrected chi connectivity index (χ4v) is 4.30. The molecule has 4 heterocycles. The molecule has 2 aromatic rings. The normalized spacial score (nSPS) is 18.3. The van der Waals surface area contributed by atoms with Gasteiger partial charge in [-0.3, -0.25) is 9.97 Å². The van der Waals surface area contributed by atoms with Crippen LogP contribution in [-0.4, -0.2) is 66.5 Å². The third-order valence-corrected chi connectivity index (χ3v) is 6.57. The fraction of sp³-hybridized carbons (Fsp3) is 0.440. The van der Waals surface area contributed by atoms with Crippen molar-refractivity contribution in [3.05, 3.63) is 53.1 Å². The molecule has 0 atom stereocenters. The predicted molar refractivity (Wildman–Crippen MR) is 124 cm³/mol. The van der Waals surface area contributed by atoms with Crippen LogP contribution in [0.4, 0.5) is 10.5 Å². The third kappa shape index (κ3) is 4.16. The van der Waals surface area contributed by atoms with Gasteiger partial charge >= 0.3 is 6.09 Å². The van der Waals surface area contributed by atoms with E-state index in [-0.39, 0.29) is 12.2 Å². The molecule has 3 aliphatic rings. The number of rotatable bonds is 4. The number of aromatic nitrogens is 2. The highest BCUT2D eigenvalue weighted by Crippen LogP contribution is 2.36. The van der Waals surface area contributed by atoms with Gasteiger partial charge in [-0.2, -0.15) is 5.26 Å². The van der Waals surface area contributed by atoms with Crippen LogP contribution in [0.3, 0.4) is 0 Å². The zero-order valence-electron chi connectivity index (χ0n) is 19.0. The summed E-state index contributed by atoms with van der Waals surface area (Å²) in [5.41, 5.74) is 5.67. The second kappa shape index (κ2) is 8.49. The average molecular weight is 446 g/mol. The Bertz CT molecular complexity index is 1120. The summed E-state index contributed by atoms with van der Waals surface area (Å²) < 4.78 is 10.5. The van der Waals surface area contributed by atoms with Gasteiger partial charge in [0.2, 0.25) is 0 Å². The quantitative estimate of drug-likeness (QED) is 0.714. The molecule has 2 aromatic heterocycles. The first-order valence-corrected chi connectivity index (χ1v) is 11.3. The van der Waals surface area contributed by atoms with Crippen molar-refractivity contribution in [2.75, 3.05) is 44.3 Å². The number of carbonyl (C=O) groups is 1. The first-order chi connectivity index (χ1) is 15.9. The van der Waals surface area contributed by atoms with Crippen LogP contribution in [-0.2, 0) is 21.3 Å². The summed E-state index contributed by atoms with van der Waals surface area (Å²) in [4.78, 5) is 25.6. The van der Waals surface area contributed by atoms with E-state index < -0.39 is 5.41 Å². The zero-order chi connectivity index (χ0) is 23.0. The van der Waals surface area contributed by atoms with E-state index in [1.54, 1.807) is 11.1 Å². The maximum atomic E-state index is 12.3. The molecule has 170 valence electrons. The standard InChI is InChI=1S/C25H27N5O3/c1-25(2,16-26)18-3-4-21(28-13-18)17-11-20-22(12-17)27-6-5-23(20)29-7-9-30(10-8-29)24(31)33-19-14-32-15-19/h3-6,11,13,19H,7-10,12,14-15H2,1-2H3. The van der Waals surface area contributed by atoms with Gasteiger partial charge in [-0.15, -0.1) is 0 Å². The van der Waals surface area contributed by atoms with Crippen LogP contribution in [0.25, 0.3) is 11.6 Å². The van der Waals surface area contributed by atoms with Gasteiger partial charge in [0.1, 0.15) is 0 Å². The molecule has 0 aromatic carbocycles. The number of piperazine rings is 1. The van der Waals surface area contributed by atoms with Crippen molar-refractivity contribution in [2.24, 2.45) is 0 Å². The lowest BCUT2D eigenvalue weighted by Gasteiger charge is -2.37. The van der Waals surface area contributed by atoms with E-state index in [0.717, 1.165) is 53.3 Å². The molecule has 8 nitrogen and oxygen atoms in total. The number of anilines is 1. The Labute approximate surface area is 193 Å². The lowest BCUT2D eigenvalue weighted by Crippen LogP contribution is -2.51. The van der Waals surface area contributed by atoms with E-state index in [2.05, 4.69) is 27.0 Å². The predicted octanol–water partition coefficient (Wildman–Crippen LogP) is 3.03. The van der Waals surface area contributed by atoms with E-state index >= 15 is 0 Å². The maximum Gasteiger partial charge on any atom is 0.410 e. The summed E-state index contributed by atoms with van der Waals surface area (Å²) >= 11 is 0. The van der Waals surface area contributed by atoms with Crippen molar-refractivity contribution < 1.29 is 14.3 Å². The molecule has 2 fully saturated rings. The molecule has 2 aliphatic heterocycles. The molecule has 0 N–H and O–H groups in total. The molecule has 1 aliphatic carbocycles. The average Bonchev–Trinajstić information content (AvgIpc) is 3.26. The van der Waals surface area contributed by atoms with Crippen LogP contribution in [0.1, 0.15) is 36.4 Å². The van der Waals surface area contributed by atoms with Crippen LogP contribution in [0.15, 0.2) is 30.6 Å². The molecule has 0 bridgehead atoms. The molecular weight excluding hydrogens is 418 g/mol. The van der Waals surface area contributed by atoms with Crippen molar-refractivity contribution in [2.45, 2.75) is 31.8 Å². The highest BCUT2D eigenvalue weighted by Gasteiger charge is 2.30. The number of hydrogen-bond acceptors (Lipinski definition) is 7. The monoisotopic (exact) mass is 445 g/mol. The molecule has 0 saturated carbocycles. The summed E-state index contributed by atoms with van der Waals surface area (Å²) in [7, 11) is 0. The lowest BCUT2D eigenvalue weighted by atomic mass is 9.87. The Morgan fingerprint density at radius 2 is 1.97 bits per heavy atom. The number of amides is 1. The molecule has 5 rings (SSSR count). The highest BCUT2D eigenvalue weighted by atomic mass is 16.6. The van der Waals surface area contributed by atoms with Gasteiger partial charge in [-0.05, 0) is 43.2 Å². The first kappa shape index (κ1) is 21.4. The van der Waals surface area contributed by atoms with Crippen LogP contribution < -0.4 is 4.90 Å². The van der Waals surface area contributed by atoms with E-state index in [4.69, 9.17) is 9.47 Å². The van der Waals surface area contributed by atoms with Gasteiger partial charge in [0.05, 0.1) is 36.1 Å². The lowest BCUT2D eigenvalue weighted by molar-refractivity contribution is -0.104. The second-order valence-electron chi connectivity index (χ2n) is 9.22. The van der Waals surface area contributed by atoms with Gasteiger partial charge in [0.15, 0.2) is 6.10 Å². The highest BCUT2D eigenvalue weighted by molar-refractivity contribution is 5.91. The molecular formula is C25H27N5O3. The van der Waals surface area contributed by atoms with Crippen molar-refractivity contribution in [3.8, 4) is 6.07 Å². The second-order valence-corrected chi connectivity index (χ2v) is 9.22. The Balaban J connectivity index is 1.29. The number of nitriles is 1. The minimum absolute atomic E-state index is 0.101. The minimum atomic E-state index is -0.562. The number of allylic oxidation sites excluding steroid dienone is 1. The van der Waals surface area contributed by atoms with Crippen molar-refractivity contribution in [1.29, 1.82) is 5.26 Å². The zero-order valence-corrected chi connectivity index (χ0v) is 19.0. The largest absolute Gasteiger partial charge is 0.441 e. The summed E-state index contributed by atoms with van der Waals surface area (Å²) in [5, 5.41) is 9.36. The van der Waals surface area contributed by atoms with Crippen LogP contribution >= 0.6 is 0 Å². The number of ether oxygens (including phenoxy) is 2. The van der Waals surface area contributed by atoms with Crippen molar-refractivity contribution in [1.82, 2.24) is 14.9 Å². The van der Waals surface area contributed by atoms with E-state index in [9.17, 15) is 10.1 Å². The third-order valence-electron chi connectivity index (χ3n) is 6.57. The fourth-order valence-electron chi connectivity index (χ4n) is 4.30. The van der Waals surface area contributed by atoms with Gasteiger partial charge in [0, 0.05) is 56.2 Å². The van der Waals surface area contributed by atoms with E-state index in [1.165, 1.54) is 0 Å². The number of pyridine rings is 2. The SMILES string of the molecule is CC(C)(C#N)c1ccc(C2=Cc3c(N4CCN(C(=O)OC5COC5)CC4)ccnc3C2)nc1. The molecule has 33 heavy (non-hydrogen) atoms. The number of nitrogens with zero attached hydrogens (tertiary/aromatic N) is 5. The summed E-state index contributed by atoms with van der Waals surface area (Å²) in [6.45, 7) is 7.51. The Morgan fingerprint density at radius 3 is 2.61 bits per heavy atom. The van der Waals surface area contributed by atoms with Gasteiger partial charge in [0.25, 0.3) is 0 Å². The summed E-state index contributed by atoms with van der Waals surface area (Å²) in [6.07, 6.45) is 6.20. The molecule has 2 saturated heterocycles. The van der Waals surface area contributed by atoms with Gasteiger partial charge in [-0.25, -0.2) is 4.79 Å². The topological polar surface area (TPSA) is 91.6 Å². The summed E-state index contributed by atoms with van der Waals surface area (Å²) in [6, 6.07) is 8.34. The maximum absolute atomic E-state index is 12.3. The molecule has 8 heteroatoms. The Morgan fingerprint density at radius 1 is 1.18 bits per heavy atom. The van der Waals surface area contributed by atoms with Gasteiger partial charge < -0.3 is 19.3 Å². The van der Waals surface area contributed by atoms with Gasteiger partial charge in [-0.1, -0.05) is 6.07 Å². The van der Waals surface area contributed by atoms with Crippen LogP contribution in [0.2, 0.25) is 0 Å². The smallest absolute Gasteiger partial charge is 0.410 e. The number of fused-ring (bicyclic) bond motifs is 1. The Hall–Kier alpha value is -3.44. The van der Waals surface area contributed by atoms with Crippen molar-refractivity contribution >= 4 is 23.4 Å². The molecule has 0 radical (unpaired) electrons. The number of hydrogen-bond donors (Lipinski definition) is 0. The van der Waals surface area contributed by atoms with E-state index in [0.29, 0.717) is 26.3 Å². The summed E-state index contributed by atoms with van der Waals surface area (Å²) in [5.74, 6) is 0. The van der Waals surface area contributed by atoms with Crippen LogP contribution in [0, 0.1) is 11.3 Å². The minimum Gasteiger partial charge on any atom is -0.441 e. The van der Waals surface area contributed by atoms with Crippen LogP contribution in [0.5, 0.6) is 0 Å². The number of carbonyl (C=O) groups excluding carboxylic acids is 1. The Kier molecular flexibility index (Phi) is 5.51. The molecule has 1 amide bonds. The molecule has 0 spiro atoms. The van der Waals surface area contributed by atoms with E-state index in [1.807, 2.05) is 38.2 Å². The first-order valence-electron chi connectivity index (χ1n) is 11.3.